The number of nitrogens with one attached hydrogen (secondary N) is 1. The number of aromatic nitrogens is 2. The maximum absolute atomic E-state index is 12.4. The topological polar surface area (TPSA) is 59.4 Å². The van der Waals surface area contributed by atoms with Crippen molar-refractivity contribution in [2.45, 2.75) is 19.0 Å². The van der Waals surface area contributed by atoms with Crippen molar-refractivity contribution in [3.63, 3.8) is 0 Å². The zero-order chi connectivity index (χ0) is 19.2. The first kappa shape index (κ1) is 18.9. The van der Waals surface area contributed by atoms with E-state index in [0.717, 1.165) is 22.3 Å². The molecular weight excluding hydrogens is 340 g/mol. The normalized spacial score (nSPS) is 12.3. The van der Waals surface area contributed by atoms with Crippen molar-refractivity contribution in [3.8, 4) is 5.75 Å². The van der Waals surface area contributed by atoms with Crippen LogP contribution in [0.1, 0.15) is 18.0 Å². The molecule has 1 amide bonds. The monoisotopic (exact) mass is 366 g/mol. The zero-order valence-electron chi connectivity index (χ0n) is 16.1. The van der Waals surface area contributed by atoms with Gasteiger partial charge in [-0.1, -0.05) is 24.3 Å². The van der Waals surface area contributed by atoms with Gasteiger partial charge in [-0.2, -0.15) is 0 Å². The number of amides is 1. The number of rotatable bonds is 8. The van der Waals surface area contributed by atoms with Crippen LogP contribution in [0.25, 0.3) is 11.0 Å². The summed E-state index contributed by atoms with van der Waals surface area (Å²) in [6.07, 6.45) is 2.20. The number of likely N-dealkylation sites (N-methyl/N-ethyl adjacent to an activating group) is 1. The van der Waals surface area contributed by atoms with Gasteiger partial charge in [-0.25, -0.2) is 4.98 Å². The molecule has 1 unspecified atom stereocenters. The Labute approximate surface area is 159 Å². The van der Waals surface area contributed by atoms with Gasteiger partial charge >= 0.3 is 0 Å². The van der Waals surface area contributed by atoms with Gasteiger partial charge in [0, 0.05) is 19.5 Å². The molecule has 6 heteroatoms. The predicted octanol–water partition coefficient (Wildman–Crippen LogP) is 2.85. The molecule has 142 valence electrons. The van der Waals surface area contributed by atoms with Crippen LogP contribution in [-0.4, -0.2) is 48.1 Å². The third-order valence-corrected chi connectivity index (χ3v) is 4.70. The second-order valence-corrected chi connectivity index (χ2v) is 6.74. The van der Waals surface area contributed by atoms with E-state index in [-0.39, 0.29) is 11.9 Å². The second-order valence-electron chi connectivity index (χ2n) is 6.74. The van der Waals surface area contributed by atoms with Gasteiger partial charge in [0.1, 0.15) is 5.75 Å². The number of ether oxygens (including phenoxy) is 1. The van der Waals surface area contributed by atoms with E-state index in [0.29, 0.717) is 19.5 Å². The van der Waals surface area contributed by atoms with Crippen LogP contribution in [0.3, 0.4) is 0 Å². The van der Waals surface area contributed by atoms with E-state index < -0.39 is 0 Å². The molecule has 0 aliphatic carbocycles. The Morgan fingerprint density at radius 2 is 2.04 bits per heavy atom. The SMILES string of the molecule is COc1cccc(C(CNC(=O)CCn2cnc3ccccc32)N(C)C)c1. The summed E-state index contributed by atoms with van der Waals surface area (Å²) >= 11 is 0. The zero-order valence-corrected chi connectivity index (χ0v) is 16.1. The summed E-state index contributed by atoms with van der Waals surface area (Å²) in [5.74, 6) is 0.847. The van der Waals surface area contributed by atoms with Gasteiger partial charge in [0.15, 0.2) is 0 Å². The van der Waals surface area contributed by atoms with Crippen molar-refractivity contribution < 1.29 is 9.53 Å². The van der Waals surface area contributed by atoms with Gasteiger partial charge in [0.05, 0.1) is 30.5 Å². The minimum atomic E-state index is 0.0301. The van der Waals surface area contributed by atoms with E-state index in [4.69, 9.17) is 4.74 Å². The summed E-state index contributed by atoms with van der Waals surface area (Å²) in [7, 11) is 5.67. The lowest BCUT2D eigenvalue weighted by molar-refractivity contribution is -0.121. The van der Waals surface area contributed by atoms with Gasteiger partial charge in [-0.15, -0.1) is 0 Å². The van der Waals surface area contributed by atoms with Gasteiger partial charge in [0.25, 0.3) is 0 Å². The van der Waals surface area contributed by atoms with Crippen LogP contribution in [0, 0.1) is 0 Å². The van der Waals surface area contributed by atoms with Crippen LogP contribution in [0.5, 0.6) is 5.75 Å². The van der Waals surface area contributed by atoms with Crippen molar-refractivity contribution in [3.05, 3.63) is 60.4 Å². The number of aryl methyl sites for hydroxylation is 1. The number of methoxy groups -OCH3 is 1. The first-order valence-corrected chi connectivity index (χ1v) is 9.05. The number of para-hydroxylation sites is 2. The molecule has 0 bridgehead atoms. The molecule has 0 aliphatic rings. The molecule has 1 heterocycles. The molecule has 0 aliphatic heterocycles. The molecule has 1 N–H and O–H groups in total. The first-order valence-electron chi connectivity index (χ1n) is 9.05. The fourth-order valence-electron chi connectivity index (χ4n) is 3.16. The molecular formula is C21H26N4O2. The Balaban J connectivity index is 1.58. The molecule has 1 aromatic heterocycles. The van der Waals surface area contributed by atoms with E-state index in [2.05, 4.69) is 21.3 Å². The van der Waals surface area contributed by atoms with E-state index in [1.807, 2.05) is 61.1 Å². The van der Waals surface area contributed by atoms with Crippen LogP contribution in [0.4, 0.5) is 0 Å². The summed E-state index contributed by atoms with van der Waals surface area (Å²) in [5, 5.41) is 3.06. The van der Waals surface area contributed by atoms with Gasteiger partial charge in [0.2, 0.25) is 5.91 Å². The van der Waals surface area contributed by atoms with Gasteiger partial charge in [-0.3, -0.25) is 4.79 Å². The molecule has 0 saturated heterocycles. The summed E-state index contributed by atoms with van der Waals surface area (Å²) in [6.45, 7) is 1.15. The number of nitrogens with zero attached hydrogens (tertiary/aromatic N) is 3. The number of carbonyl (C=O) groups excluding carboxylic acids is 1. The van der Waals surface area contributed by atoms with Crippen molar-refractivity contribution in [1.29, 1.82) is 0 Å². The van der Waals surface area contributed by atoms with Crippen molar-refractivity contribution in [2.75, 3.05) is 27.7 Å². The first-order chi connectivity index (χ1) is 13.1. The Morgan fingerprint density at radius 1 is 1.22 bits per heavy atom. The quantitative estimate of drug-likeness (QED) is 0.666. The lowest BCUT2D eigenvalue weighted by Crippen LogP contribution is -2.34. The van der Waals surface area contributed by atoms with Crippen LogP contribution in [-0.2, 0) is 11.3 Å². The standard InChI is InChI=1S/C21H26N4O2/c1-24(2)20(16-7-6-8-17(13-16)27-3)14-22-21(26)11-12-25-15-23-18-9-4-5-10-19(18)25/h4-10,13,15,20H,11-12,14H2,1-3H3,(H,22,26). The smallest absolute Gasteiger partial charge is 0.221 e. The molecule has 6 nitrogen and oxygen atoms in total. The summed E-state index contributed by atoms with van der Waals surface area (Å²) in [5.41, 5.74) is 3.11. The molecule has 27 heavy (non-hydrogen) atoms. The van der Waals surface area contributed by atoms with Crippen LogP contribution >= 0.6 is 0 Å². The number of fused-ring (bicyclic) bond motifs is 1. The highest BCUT2D eigenvalue weighted by molar-refractivity contribution is 5.77. The summed E-state index contributed by atoms with van der Waals surface area (Å²) in [6, 6.07) is 16.0. The Morgan fingerprint density at radius 3 is 2.81 bits per heavy atom. The van der Waals surface area contributed by atoms with Crippen molar-refractivity contribution in [1.82, 2.24) is 19.8 Å². The van der Waals surface area contributed by atoms with Crippen molar-refractivity contribution in [2.24, 2.45) is 0 Å². The predicted molar refractivity (Wildman–Crippen MR) is 107 cm³/mol. The summed E-state index contributed by atoms with van der Waals surface area (Å²) < 4.78 is 7.33. The summed E-state index contributed by atoms with van der Waals surface area (Å²) in [4.78, 5) is 18.8. The van der Waals surface area contributed by atoms with E-state index >= 15 is 0 Å². The van der Waals surface area contributed by atoms with Gasteiger partial charge < -0.3 is 19.5 Å². The minimum Gasteiger partial charge on any atom is -0.497 e. The number of hydrogen-bond acceptors (Lipinski definition) is 4. The third kappa shape index (κ3) is 4.65. The molecule has 3 aromatic rings. The Bertz CT molecular complexity index is 904. The molecule has 0 radical (unpaired) electrons. The van der Waals surface area contributed by atoms with Crippen LogP contribution in [0.2, 0.25) is 0 Å². The van der Waals surface area contributed by atoms with Crippen LogP contribution in [0.15, 0.2) is 54.9 Å². The molecule has 0 fully saturated rings. The fraction of sp³-hybridized carbons (Fsp3) is 0.333. The highest BCUT2D eigenvalue weighted by Gasteiger charge is 2.16. The highest BCUT2D eigenvalue weighted by atomic mass is 16.5. The average Bonchev–Trinajstić information content (AvgIpc) is 3.09. The molecule has 2 aromatic carbocycles. The minimum absolute atomic E-state index is 0.0301. The Hall–Kier alpha value is -2.86. The molecule has 3 rings (SSSR count). The second kappa shape index (κ2) is 8.68. The average molecular weight is 366 g/mol. The lowest BCUT2D eigenvalue weighted by atomic mass is 10.1. The molecule has 0 spiro atoms. The fourth-order valence-corrected chi connectivity index (χ4v) is 3.16. The number of carbonyl (C=O) groups is 1. The molecule has 1 atom stereocenters. The number of benzene rings is 2. The van der Waals surface area contributed by atoms with E-state index in [1.165, 1.54) is 0 Å². The third-order valence-electron chi connectivity index (χ3n) is 4.70. The van der Waals surface area contributed by atoms with E-state index in [9.17, 15) is 4.79 Å². The number of hydrogen-bond donors (Lipinski definition) is 1. The maximum atomic E-state index is 12.4. The Kier molecular flexibility index (Phi) is 6.08. The van der Waals surface area contributed by atoms with Crippen LogP contribution < -0.4 is 10.1 Å². The van der Waals surface area contributed by atoms with Crippen molar-refractivity contribution >= 4 is 16.9 Å². The van der Waals surface area contributed by atoms with E-state index in [1.54, 1.807) is 13.4 Å². The highest BCUT2D eigenvalue weighted by Crippen LogP contribution is 2.22. The largest absolute Gasteiger partial charge is 0.497 e. The lowest BCUT2D eigenvalue weighted by Gasteiger charge is -2.25. The van der Waals surface area contributed by atoms with Gasteiger partial charge in [-0.05, 0) is 43.9 Å². The number of imidazole rings is 1. The maximum Gasteiger partial charge on any atom is 0.221 e. The molecule has 0 saturated carbocycles.